The maximum Gasteiger partial charge on any atom is 0.283 e. The molecule has 1 aliphatic heterocycles. The van der Waals surface area contributed by atoms with Gasteiger partial charge >= 0.3 is 0 Å². The molecule has 1 unspecified atom stereocenters. The monoisotopic (exact) mass is 467 g/mol. The molecule has 1 aliphatic rings. The third kappa shape index (κ3) is 6.68. The topological polar surface area (TPSA) is 66.7 Å². The van der Waals surface area contributed by atoms with Crippen LogP contribution < -0.4 is 0 Å². The SMILES string of the molecule is CC(C)c1ccccc1Sc1ccc(C=CC(=O)N2CCCCC2CN(C)C)cc1[N+](=O)[O-]. The summed E-state index contributed by atoms with van der Waals surface area (Å²) in [6.45, 7) is 5.83. The molecule has 1 heterocycles. The summed E-state index contributed by atoms with van der Waals surface area (Å²) in [5.74, 6) is 0.292. The summed E-state index contributed by atoms with van der Waals surface area (Å²) < 4.78 is 0. The first-order valence-corrected chi connectivity index (χ1v) is 12.3. The molecule has 0 aromatic heterocycles. The molecule has 7 heteroatoms. The zero-order chi connectivity index (χ0) is 24.0. The van der Waals surface area contributed by atoms with Crippen molar-refractivity contribution in [3.05, 3.63) is 69.8 Å². The van der Waals surface area contributed by atoms with E-state index in [0.29, 0.717) is 16.4 Å². The largest absolute Gasteiger partial charge is 0.335 e. The van der Waals surface area contributed by atoms with Crippen molar-refractivity contribution in [2.45, 2.75) is 54.9 Å². The number of piperidine rings is 1. The predicted octanol–water partition coefficient (Wildman–Crippen LogP) is 5.83. The molecule has 0 radical (unpaired) electrons. The van der Waals surface area contributed by atoms with Crippen molar-refractivity contribution in [2.24, 2.45) is 0 Å². The molecule has 0 spiro atoms. The quantitative estimate of drug-likeness (QED) is 0.278. The van der Waals surface area contributed by atoms with Crippen molar-refractivity contribution < 1.29 is 9.72 Å². The van der Waals surface area contributed by atoms with Gasteiger partial charge in [0, 0.05) is 36.2 Å². The Morgan fingerprint density at radius 2 is 1.97 bits per heavy atom. The van der Waals surface area contributed by atoms with Crippen LogP contribution in [0.4, 0.5) is 5.69 Å². The van der Waals surface area contributed by atoms with E-state index in [2.05, 4.69) is 24.8 Å². The number of likely N-dealkylation sites (N-methyl/N-ethyl adjacent to an activating group) is 1. The van der Waals surface area contributed by atoms with E-state index >= 15 is 0 Å². The van der Waals surface area contributed by atoms with Gasteiger partial charge in [-0.1, -0.05) is 49.9 Å². The Bertz CT molecular complexity index is 1020. The number of likely N-dealkylation sites (tertiary alicyclic amines) is 1. The van der Waals surface area contributed by atoms with Crippen molar-refractivity contribution in [3.63, 3.8) is 0 Å². The van der Waals surface area contributed by atoms with Crippen LogP contribution in [-0.4, -0.2) is 53.9 Å². The second kappa shape index (κ2) is 11.5. The van der Waals surface area contributed by atoms with E-state index in [0.717, 1.165) is 37.2 Å². The maximum atomic E-state index is 12.9. The van der Waals surface area contributed by atoms with Gasteiger partial charge in [-0.2, -0.15) is 0 Å². The first-order chi connectivity index (χ1) is 15.8. The second-order valence-electron chi connectivity index (χ2n) is 9.06. The summed E-state index contributed by atoms with van der Waals surface area (Å²) in [4.78, 5) is 30.0. The molecule has 0 N–H and O–H groups in total. The third-order valence-electron chi connectivity index (χ3n) is 5.85. The third-order valence-corrected chi connectivity index (χ3v) is 7.00. The molecule has 6 nitrogen and oxygen atoms in total. The zero-order valence-electron chi connectivity index (χ0n) is 19.9. The van der Waals surface area contributed by atoms with E-state index in [9.17, 15) is 14.9 Å². The van der Waals surface area contributed by atoms with Gasteiger partial charge in [-0.05, 0) is 68.6 Å². The van der Waals surface area contributed by atoms with Crippen molar-refractivity contribution in [2.75, 3.05) is 27.2 Å². The van der Waals surface area contributed by atoms with Crippen molar-refractivity contribution in [1.29, 1.82) is 0 Å². The number of nitro groups is 1. The average Bonchev–Trinajstić information content (AvgIpc) is 2.78. The zero-order valence-corrected chi connectivity index (χ0v) is 20.7. The summed E-state index contributed by atoms with van der Waals surface area (Å²) in [7, 11) is 4.04. The van der Waals surface area contributed by atoms with Crippen molar-refractivity contribution in [3.8, 4) is 0 Å². The Hall–Kier alpha value is -2.64. The van der Waals surface area contributed by atoms with Gasteiger partial charge in [0.05, 0.1) is 9.82 Å². The highest BCUT2D eigenvalue weighted by Crippen LogP contribution is 2.39. The number of nitro benzene ring substituents is 1. The Kier molecular flexibility index (Phi) is 8.69. The van der Waals surface area contributed by atoms with Crippen LogP contribution in [0, 0.1) is 10.1 Å². The number of nitrogens with zero attached hydrogens (tertiary/aromatic N) is 3. The molecule has 3 rings (SSSR count). The lowest BCUT2D eigenvalue weighted by molar-refractivity contribution is -0.387. The van der Waals surface area contributed by atoms with E-state index < -0.39 is 0 Å². The van der Waals surface area contributed by atoms with Gasteiger partial charge in [0.15, 0.2) is 0 Å². The van der Waals surface area contributed by atoms with Crippen LogP contribution in [0.25, 0.3) is 6.08 Å². The summed E-state index contributed by atoms with van der Waals surface area (Å²) in [6, 6.07) is 13.4. The van der Waals surface area contributed by atoms with Gasteiger partial charge in [0.25, 0.3) is 5.69 Å². The smallest absolute Gasteiger partial charge is 0.283 e. The van der Waals surface area contributed by atoms with E-state index in [4.69, 9.17) is 0 Å². The normalized spacial score (nSPS) is 16.7. The number of carbonyl (C=O) groups excluding carboxylic acids is 1. The van der Waals surface area contributed by atoms with Crippen LogP contribution in [0.5, 0.6) is 0 Å². The average molecular weight is 468 g/mol. The lowest BCUT2D eigenvalue weighted by Crippen LogP contribution is -2.47. The van der Waals surface area contributed by atoms with E-state index in [1.54, 1.807) is 24.3 Å². The fourth-order valence-electron chi connectivity index (χ4n) is 4.20. The lowest BCUT2D eigenvalue weighted by atomic mass is 10.0. The molecule has 1 amide bonds. The Morgan fingerprint density at radius 3 is 2.67 bits per heavy atom. The second-order valence-corrected chi connectivity index (χ2v) is 10.1. The number of benzene rings is 2. The summed E-state index contributed by atoms with van der Waals surface area (Å²) in [5, 5.41) is 11.8. The fourth-order valence-corrected chi connectivity index (χ4v) is 5.38. The molecule has 2 aromatic carbocycles. The van der Waals surface area contributed by atoms with Gasteiger partial charge in [0.2, 0.25) is 5.91 Å². The molecule has 0 aliphatic carbocycles. The molecule has 0 bridgehead atoms. The summed E-state index contributed by atoms with van der Waals surface area (Å²) in [6.07, 6.45) is 6.39. The molecule has 0 saturated carbocycles. The minimum Gasteiger partial charge on any atom is -0.335 e. The van der Waals surface area contributed by atoms with Crippen LogP contribution in [0.1, 0.15) is 50.2 Å². The Balaban J connectivity index is 1.80. The Labute approximate surface area is 200 Å². The van der Waals surface area contributed by atoms with E-state index in [-0.39, 0.29) is 22.6 Å². The molecule has 1 fully saturated rings. The first-order valence-electron chi connectivity index (χ1n) is 11.4. The molecule has 2 aromatic rings. The van der Waals surface area contributed by atoms with Crippen LogP contribution in [-0.2, 0) is 4.79 Å². The maximum absolute atomic E-state index is 12.9. The first kappa shape index (κ1) is 25.0. The number of hydrogen-bond donors (Lipinski definition) is 0. The molecular formula is C26H33N3O3S. The van der Waals surface area contributed by atoms with Crippen LogP contribution in [0.15, 0.2) is 58.3 Å². The van der Waals surface area contributed by atoms with E-state index in [1.807, 2.05) is 43.3 Å². The highest BCUT2D eigenvalue weighted by atomic mass is 32.2. The molecular weight excluding hydrogens is 434 g/mol. The number of carbonyl (C=O) groups is 1. The minimum atomic E-state index is -0.350. The summed E-state index contributed by atoms with van der Waals surface area (Å²) >= 11 is 1.41. The standard InChI is InChI=1S/C26H33N3O3S/c1-19(2)22-10-5-6-11-24(22)33-25-14-12-20(17-23(25)29(31)32)13-15-26(30)28-16-8-7-9-21(28)18-27(3)4/h5-6,10-15,17,19,21H,7-9,16,18H2,1-4H3. The van der Waals surface area contributed by atoms with Crippen LogP contribution in [0.3, 0.4) is 0 Å². The molecule has 1 atom stereocenters. The van der Waals surface area contributed by atoms with Crippen LogP contribution >= 0.6 is 11.8 Å². The number of hydrogen-bond acceptors (Lipinski definition) is 5. The van der Waals surface area contributed by atoms with Gasteiger partial charge in [0.1, 0.15) is 0 Å². The molecule has 176 valence electrons. The van der Waals surface area contributed by atoms with Gasteiger partial charge in [-0.15, -0.1) is 0 Å². The number of amides is 1. The van der Waals surface area contributed by atoms with E-state index in [1.165, 1.54) is 17.3 Å². The lowest BCUT2D eigenvalue weighted by Gasteiger charge is -2.36. The Morgan fingerprint density at radius 1 is 1.21 bits per heavy atom. The van der Waals surface area contributed by atoms with Gasteiger partial charge in [-0.3, -0.25) is 14.9 Å². The van der Waals surface area contributed by atoms with Crippen LogP contribution in [0.2, 0.25) is 0 Å². The number of rotatable bonds is 8. The molecule has 33 heavy (non-hydrogen) atoms. The fraction of sp³-hybridized carbons (Fsp3) is 0.423. The van der Waals surface area contributed by atoms with Gasteiger partial charge in [-0.25, -0.2) is 0 Å². The van der Waals surface area contributed by atoms with Crippen molar-refractivity contribution >= 4 is 29.4 Å². The minimum absolute atomic E-state index is 0.0338. The molecule has 1 saturated heterocycles. The summed E-state index contributed by atoms with van der Waals surface area (Å²) in [5.41, 5.74) is 1.87. The van der Waals surface area contributed by atoms with Gasteiger partial charge < -0.3 is 9.80 Å². The highest BCUT2D eigenvalue weighted by molar-refractivity contribution is 7.99. The predicted molar refractivity (Wildman–Crippen MR) is 135 cm³/mol. The van der Waals surface area contributed by atoms with Crippen molar-refractivity contribution in [1.82, 2.24) is 9.80 Å². The highest BCUT2D eigenvalue weighted by Gasteiger charge is 2.25.